The highest BCUT2D eigenvalue weighted by atomic mass is 32.2. The lowest BCUT2D eigenvalue weighted by molar-refractivity contribution is -0.119. The number of hydrogen-bond donors (Lipinski definition) is 3. The Bertz CT molecular complexity index is 1550. The Balaban J connectivity index is 0.00000420. The summed E-state index contributed by atoms with van der Waals surface area (Å²) in [5.41, 5.74) is 9.67. The first-order valence-corrected chi connectivity index (χ1v) is 13.6. The molecule has 0 aliphatic heterocycles. The highest BCUT2D eigenvalue weighted by Gasteiger charge is 2.22. The summed E-state index contributed by atoms with van der Waals surface area (Å²) < 4.78 is 28.5. The maximum Gasteiger partial charge on any atom is 0.252 e. The molecule has 0 aromatic heterocycles. The van der Waals surface area contributed by atoms with E-state index in [0.717, 1.165) is 11.1 Å². The average molecular weight is 544 g/mol. The van der Waals surface area contributed by atoms with Gasteiger partial charge in [-0.1, -0.05) is 92.4 Å². The van der Waals surface area contributed by atoms with Crippen LogP contribution in [0.25, 0.3) is 11.1 Å². The highest BCUT2D eigenvalue weighted by Crippen LogP contribution is 2.28. The summed E-state index contributed by atoms with van der Waals surface area (Å²) in [6.45, 7) is 1.86. The molecule has 0 unspecified atom stereocenters. The van der Waals surface area contributed by atoms with E-state index in [2.05, 4.69) is 10.0 Å². The Morgan fingerprint density at radius 2 is 1.46 bits per heavy atom. The molecule has 4 rings (SSSR count). The van der Waals surface area contributed by atoms with E-state index in [1.807, 2.05) is 67.6 Å². The second-order valence-corrected chi connectivity index (χ2v) is 10.7. The van der Waals surface area contributed by atoms with E-state index in [-0.39, 0.29) is 25.3 Å². The first kappa shape index (κ1) is 29.3. The molecule has 202 valence electrons. The Hall–Kier alpha value is -4.27. The first-order chi connectivity index (χ1) is 18.2. The zero-order chi connectivity index (χ0) is 27.1. The van der Waals surface area contributed by atoms with Crippen LogP contribution in [0.2, 0.25) is 0 Å². The van der Waals surface area contributed by atoms with E-state index in [1.165, 1.54) is 0 Å². The molecule has 0 radical (unpaired) electrons. The minimum Gasteiger partial charge on any atom is -0.368 e. The number of carbonyl (C=O) groups is 2. The summed E-state index contributed by atoms with van der Waals surface area (Å²) >= 11 is 0. The van der Waals surface area contributed by atoms with Gasteiger partial charge in [0.15, 0.2) is 0 Å². The lowest BCUT2D eigenvalue weighted by atomic mass is 9.94. The molecule has 4 aromatic carbocycles. The molecule has 0 aliphatic carbocycles. The maximum atomic E-state index is 13.4. The van der Waals surface area contributed by atoms with Crippen LogP contribution in [0.15, 0.2) is 108 Å². The van der Waals surface area contributed by atoms with Crippen LogP contribution in [-0.4, -0.2) is 26.3 Å². The Kier molecular flexibility index (Phi) is 9.76. The molecule has 39 heavy (non-hydrogen) atoms. The van der Waals surface area contributed by atoms with Crippen molar-refractivity contribution in [3.63, 3.8) is 0 Å². The second-order valence-electron chi connectivity index (χ2n) is 8.96. The summed E-state index contributed by atoms with van der Waals surface area (Å²) in [6, 6.07) is 29.4. The van der Waals surface area contributed by atoms with Crippen molar-refractivity contribution in [1.82, 2.24) is 10.0 Å². The second kappa shape index (κ2) is 13.0. The molecule has 7 nitrogen and oxygen atoms in total. The van der Waals surface area contributed by atoms with Crippen LogP contribution in [0.3, 0.4) is 0 Å². The molecule has 1 atom stereocenters. The van der Waals surface area contributed by atoms with Crippen molar-refractivity contribution in [3.8, 4) is 11.1 Å². The van der Waals surface area contributed by atoms with Gasteiger partial charge in [0.2, 0.25) is 15.9 Å². The standard InChI is InChI=1S/C30H29N3O4S.CH4/c1-21-10-9-14-24(18-21)38(36,37)32-20-23-13-5-6-15-25(23)26-16-7-8-17-27(26)30(35)33-28(29(31)34)19-22-11-3-2-4-12-22;/h2-18,28,32H,19-20H2,1H3,(H2,31,34)(H,33,35);1H4/t28-;/m0./s1. The van der Waals surface area contributed by atoms with Crippen LogP contribution in [0.4, 0.5) is 0 Å². The number of nitrogens with two attached hydrogens (primary N) is 1. The van der Waals surface area contributed by atoms with E-state index in [9.17, 15) is 18.0 Å². The smallest absolute Gasteiger partial charge is 0.252 e. The van der Waals surface area contributed by atoms with Crippen LogP contribution < -0.4 is 15.8 Å². The van der Waals surface area contributed by atoms with E-state index >= 15 is 0 Å². The van der Waals surface area contributed by atoms with Gasteiger partial charge in [-0.25, -0.2) is 13.1 Å². The quantitative estimate of drug-likeness (QED) is 0.271. The number of nitrogens with one attached hydrogen (secondary N) is 2. The lowest BCUT2D eigenvalue weighted by Gasteiger charge is -2.18. The lowest BCUT2D eigenvalue weighted by Crippen LogP contribution is -2.46. The number of sulfonamides is 1. The fourth-order valence-corrected chi connectivity index (χ4v) is 5.31. The molecule has 0 heterocycles. The normalized spacial score (nSPS) is 11.7. The number of primary amides is 1. The summed E-state index contributed by atoms with van der Waals surface area (Å²) in [7, 11) is -3.74. The Labute approximate surface area is 230 Å². The maximum absolute atomic E-state index is 13.4. The Morgan fingerprint density at radius 1 is 0.821 bits per heavy atom. The molecular weight excluding hydrogens is 510 g/mol. The van der Waals surface area contributed by atoms with Crippen molar-refractivity contribution in [2.24, 2.45) is 5.73 Å². The van der Waals surface area contributed by atoms with Gasteiger partial charge in [-0.15, -0.1) is 0 Å². The zero-order valence-electron chi connectivity index (χ0n) is 20.9. The van der Waals surface area contributed by atoms with Crippen LogP contribution in [-0.2, 0) is 27.8 Å². The van der Waals surface area contributed by atoms with Crippen molar-refractivity contribution < 1.29 is 18.0 Å². The van der Waals surface area contributed by atoms with E-state index in [0.29, 0.717) is 22.3 Å². The van der Waals surface area contributed by atoms with Gasteiger partial charge in [0.1, 0.15) is 6.04 Å². The molecule has 0 fully saturated rings. The van der Waals surface area contributed by atoms with Gasteiger partial charge < -0.3 is 11.1 Å². The van der Waals surface area contributed by atoms with Gasteiger partial charge in [0.05, 0.1) is 4.90 Å². The van der Waals surface area contributed by atoms with Crippen LogP contribution in [0, 0.1) is 6.92 Å². The molecule has 0 bridgehead atoms. The van der Waals surface area contributed by atoms with E-state index in [4.69, 9.17) is 5.73 Å². The third-order valence-electron chi connectivity index (χ3n) is 6.16. The van der Waals surface area contributed by atoms with Crippen LogP contribution >= 0.6 is 0 Å². The van der Waals surface area contributed by atoms with Crippen molar-refractivity contribution in [2.75, 3.05) is 0 Å². The van der Waals surface area contributed by atoms with Crippen molar-refractivity contribution in [1.29, 1.82) is 0 Å². The molecule has 0 saturated heterocycles. The largest absolute Gasteiger partial charge is 0.368 e. The molecule has 0 saturated carbocycles. The van der Waals surface area contributed by atoms with Gasteiger partial charge in [0.25, 0.3) is 5.91 Å². The fraction of sp³-hybridized carbons (Fsp3) is 0.161. The van der Waals surface area contributed by atoms with Crippen molar-refractivity contribution >= 4 is 21.8 Å². The van der Waals surface area contributed by atoms with Gasteiger partial charge in [-0.2, -0.15) is 0 Å². The van der Waals surface area contributed by atoms with Gasteiger partial charge in [-0.3, -0.25) is 9.59 Å². The van der Waals surface area contributed by atoms with Crippen LogP contribution in [0.1, 0.15) is 34.5 Å². The predicted octanol–water partition coefficient (Wildman–Crippen LogP) is 4.60. The number of rotatable bonds is 10. The first-order valence-electron chi connectivity index (χ1n) is 12.1. The minimum absolute atomic E-state index is 0. The molecule has 4 N–H and O–H groups in total. The molecule has 8 heteroatoms. The molecule has 0 spiro atoms. The van der Waals surface area contributed by atoms with Crippen molar-refractivity contribution in [2.45, 2.75) is 38.3 Å². The fourth-order valence-electron chi connectivity index (χ4n) is 4.20. The topological polar surface area (TPSA) is 118 Å². The number of carbonyl (C=O) groups excluding carboxylic acids is 2. The summed E-state index contributed by atoms with van der Waals surface area (Å²) in [5, 5.41) is 2.77. The number of amides is 2. The zero-order valence-corrected chi connectivity index (χ0v) is 21.7. The average Bonchev–Trinajstić information content (AvgIpc) is 2.92. The highest BCUT2D eigenvalue weighted by molar-refractivity contribution is 7.89. The molecule has 4 aromatic rings. The molecular formula is C31H33N3O4S. The van der Waals surface area contributed by atoms with Gasteiger partial charge in [-0.05, 0) is 52.9 Å². The SMILES string of the molecule is C.Cc1cccc(S(=O)(=O)NCc2ccccc2-c2ccccc2C(=O)N[C@@H](Cc2ccccc2)C(N)=O)c1. The van der Waals surface area contributed by atoms with Crippen molar-refractivity contribution in [3.05, 3.63) is 125 Å². The monoisotopic (exact) mass is 543 g/mol. The Morgan fingerprint density at radius 3 is 2.15 bits per heavy atom. The third-order valence-corrected chi connectivity index (χ3v) is 7.56. The third kappa shape index (κ3) is 7.40. The van der Waals surface area contributed by atoms with Gasteiger partial charge >= 0.3 is 0 Å². The number of benzene rings is 4. The summed E-state index contributed by atoms with van der Waals surface area (Å²) in [4.78, 5) is 25.7. The van der Waals surface area contributed by atoms with E-state index < -0.39 is 27.9 Å². The minimum atomic E-state index is -3.74. The summed E-state index contributed by atoms with van der Waals surface area (Å²) in [6.07, 6.45) is 0.265. The number of hydrogen-bond acceptors (Lipinski definition) is 4. The summed E-state index contributed by atoms with van der Waals surface area (Å²) in [5.74, 6) is -1.08. The molecule has 0 aliphatic rings. The number of aryl methyl sites for hydroxylation is 1. The van der Waals surface area contributed by atoms with E-state index in [1.54, 1.807) is 42.5 Å². The molecule has 2 amide bonds. The van der Waals surface area contributed by atoms with Crippen LogP contribution in [0.5, 0.6) is 0 Å². The predicted molar refractivity (Wildman–Crippen MR) is 154 cm³/mol. The van der Waals surface area contributed by atoms with Gasteiger partial charge in [0, 0.05) is 18.5 Å².